The summed E-state index contributed by atoms with van der Waals surface area (Å²) < 4.78 is 10.3. The van der Waals surface area contributed by atoms with Gasteiger partial charge in [0.2, 0.25) is 0 Å². The number of morpholine rings is 1. The molecule has 26 heavy (non-hydrogen) atoms. The Morgan fingerprint density at radius 2 is 2.08 bits per heavy atom. The number of unbranched alkanes of at least 4 members (excludes halogenated alkanes) is 1. The Morgan fingerprint density at radius 1 is 1.35 bits per heavy atom. The van der Waals surface area contributed by atoms with Crippen LogP contribution in [-0.4, -0.2) is 56.3 Å². The minimum absolute atomic E-state index is 0.0717. The van der Waals surface area contributed by atoms with Gasteiger partial charge in [-0.05, 0) is 12.5 Å². The molecule has 9 heteroatoms. The highest BCUT2D eigenvalue weighted by molar-refractivity contribution is 5.97. The summed E-state index contributed by atoms with van der Waals surface area (Å²) in [5.41, 5.74) is 0.402. The number of amides is 1. The number of anilines is 1. The van der Waals surface area contributed by atoms with E-state index in [9.17, 15) is 19.7 Å². The number of benzene rings is 1. The van der Waals surface area contributed by atoms with Gasteiger partial charge in [0.15, 0.2) is 6.61 Å². The number of hydrogen-bond donors (Lipinski definition) is 1. The van der Waals surface area contributed by atoms with Crippen LogP contribution in [-0.2, 0) is 14.3 Å². The Labute approximate surface area is 151 Å². The second-order valence-electron chi connectivity index (χ2n) is 5.84. The van der Waals surface area contributed by atoms with Gasteiger partial charge >= 0.3 is 5.97 Å². The first-order valence-electron chi connectivity index (χ1n) is 8.58. The van der Waals surface area contributed by atoms with Gasteiger partial charge in [0, 0.05) is 31.8 Å². The Hall–Kier alpha value is -2.68. The Bertz CT molecular complexity index is 658. The standard InChI is InChI=1S/C17H23N3O6/c1-2-3-6-18-16(21)12-26-17(22)14-11-13(20(23)24)4-5-15(14)19-7-9-25-10-8-19/h4-5,11H,2-3,6-10,12H2,1H3,(H,18,21). The highest BCUT2D eigenvalue weighted by atomic mass is 16.6. The molecule has 0 saturated carbocycles. The molecule has 1 aromatic carbocycles. The Balaban J connectivity index is 2.10. The molecular weight excluding hydrogens is 342 g/mol. The van der Waals surface area contributed by atoms with Gasteiger partial charge < -0.3 is 19.7 Å². The number of rotatable bonds is 8. The summed E-state index contributed by atoms with van der Waals surface area (Å²) in [4.78, 5) is 36.5. The van der Waals surface area contributed by atoms with Crippen molar-refractivity contribution in [3.8, 4) is 0 Å². The van der Waals surface area contributed by atoms with Crippen LogP contribution in [0.25, 0.3) is 0 Å². The van der Waals surface area contributed by atoms with E-state index >= 15 is 0 Å². The van der Waals surface area contributed by atoms with Gasteiger partial charge in [-0.1, -0.05) is 13.3 Å². The first-order valence-corrected chi connectivity index (χ1v) is 8.58. The summed E-state index contributed by atoms with van der Waals surface area (Å²) in [6.07, 6.45) is 1.78. The van der Waals surface area contributed by atoms with Gasteiger partial charge in [-0.3, -0.25) is 14.9 Å². The number of non-ortho nitro benzene ring substituents is 1. The van der Waals surface area contributed by atoms with Crippen molar-refractivity contribution in [3.05, 3.63) is 33.9 Å². The van der Waals surface area contributed by atoms with Gasteiger partial charge in [-0.25, -0.2) is 4.79 Å². The number of nitrogens with zero attached hydrogens (tertiary/aromatic N) is 2. The van der Waals surface area contributed by atoms with Crippen molar-refractivity contribution in [2.24, 2.45) is 0 Å². The first-order chi connectivity index (χ1) is 12.5. The van der Waals surface area contributed by atoms with E-state index in [1.54, 1.807) is 0 Å². The van der Waals surface area contributed by atoms with E-state index in [0.29, 0.717) is 38.5 Å². The Morgan fingerprint density at radius 3 is 2.73 bits per heavy atom. The molecule has 9 nitrogen and oxygen atoms in total. The van der Waals surface area contributed by atoms with Crippen LogP contribution in [0, 0.1) is 10.1 Å². The van der Waals surface area contributed by atoms with Crippen molar-refractivity contribution in [3.63, 3.8) is 0 Å². The summed E-state index contributed by atoms with van der Waals surface area (Å²) in [6.45, 7) is 4.24. The van der Waals surface area contributed by atoms with Gasteiger partial charge in [-0.15, -0.1) is 0 Å². The van der Waals surface area contributed by atoms with Crippen molar-refractivity contribution in [1.82, 2.24) is 5.32 Å². The van der Waals surface area contributed by atoms with Crippen LogP contribution in [0.3, 0.4) is 0 Å². The molecule has 1 N–H and O–H groups in total. The lowest BCUT2D eigenvalue weighted by molar-refractivity contribution is -0.384. The van der Waals surface area contributed by atoms with Gasteiger partial charge in [0.1, 0.15) is 0 Å². The largest absolute Gasteiger partial charge is 0.452 e. The fourth-order valence-electron chi connectivity index (χ4n) is 2.55. The number of nitro groups is 1. The van der Waals surface area contributed by atoms with E-state index < -0.39 is 23.4 Å². The SMILES string of the molecule is CCCCNC(=O)COC(=O)c1cc([N+](=O)[O-])ccc1N1CCOCC1. The lowest BCUT2D eigenvalue weighted by atomic mass is 10.1. The van der Waals surface area contributed by atoms with Gasteiger partial charge in [-0.2, -0.15) is 0 Å². The van der Waals surface area contributed by atoms with Crippen LogP contribution in [0.15, 0.2) is 18.2 Å². The van der Waals surface area contributed by atoms with E-state index in [1.807, 2.05) is 11.8 Å². The number of carbonyl (C=O) groups excluding carboxylic acids is 2. The predicted octanol–water partition coefficient (Wildman–Crippen LogP) is 1.50. The average molecular weight is 365 g/mol. The average Bonchev–Trinajstić information content (AvgIpc) is 2.66. The molecule has 0 bridgehead atoms. The second-order valence-corrected chi connectivity index (χ2v) is 5.84. The molecule has 0 aromatic heterocycles. The lowest BCUT2D eigenvalue weighted by Gasteiger charge is -2.30. The monoisotopic (exact) mass is 365 g/mol. The summed E-state index contributed by atoms with van der Waals surface area (Å²) in [5.74, 6) is -1.16. The molecule has 0 atom stereocenters. The van der Waals surface area contributed by atoms with Crippen LogP contribution >= 0.6 is 0 Å². The number of hydrogen-bond acceptors (Lipinski definition) is 7. The van der Waals surface area contributed by atoms with E-state index in [4.69, 9.17) is 9.47 Å². The van der Waals surface area contributed by atoms with Gasteiger partial charge in [0.25, 0.3) is 11.6 Å². The molecule has 2 rings (SSSR count). The molecule has 0 radical (unpaired) electrons. The fraction of sp³-hybridized carbons (Fsp3) is 0.529. The molecule has 142 valence electrons. The normalized spacial score (nSPS) is 14.0. The van der Waals surface area contributed by atoms with Crippen LogP contribution < -0.4 is 10.2 Å². The molecule has 1 saturated heterocycles. The number of ether oxygens (including phenoxy) is 2. The fourth-order valence-corrected chi connectivity index (χ4v) is 2.55. The third-order valence-corrected chi connectivity index (χ3v) is 3.95. The maximum absolute atomic E-state index is 12.4. The minimum Gasteiger partial charge on any atom is -0.452 e. The number of esters is 1. The smallest absolute Gasteiger partial charge is 0.341 e. The molecule has 1 fully saturated rings. The highest BCUT2D eigenvalue weighted by Crippen LogP contribution is 2.27. The molecule has 1 aromatic rings. The lowest BCUT2D eigenvalue weighted by Crippen LogP contribution is -2.37. The third-order valence-electron chi connectivity index (χ3n) is 3.95. The van der Waals surface area contributed by atoms with Crippen molar-refractivity contribution in [2.75, 3.05) is 44.4 Å². The molecule has 1 amide bonds. The third kappa shape index (κ3) is 5.41. The van der Waals surface area contributed by atoms with Crippen molar-refractivity contribution < 1.29 is 24.0 Å². The van der Waals surface area contributed by atoms with Crippen molar-refractivity contribution >= 4 is 23.3 Å². The molecule has 1 aliphatic heterocycles. The van der Waals surface area contributed by atoms with E-state index in [-0.39, 0.29) is 11.3 Å². The van der Waals surface area contributed by atoms with Crippen LogP contribution in [0.5, 0.6) is 0 Å². The van der Waals surface area contributed by atoms with E-state index in [1.165, 1.54) is 18.2 Å². The molecule has 1 heterocycles. The zero-order valence-corrected chi connectivity index (χ0v) is 14.7. The summed E-state index contributed by atoms with van der Waals surface area (Å²) in [7, 11) is 0. The van der Waals surface area contributed by atoms with E-state index in [0.717, 1.165) is 12.8 Å². The molecular formula is C17H23N3O6. The zero-order chi connectivity index (χ0) is 18.9. The number of nitro benzene ring substituents is 1. The minimum atomic E-state index is -0.763. The maximum atomic E-state index is 12.4. The van der Waals surface area contributed by atoms with Crippen molar-refractivity contribution in [1.29, 1.82) is 0 Å². The molecule has 1 aliphatic rings. The molecule has 0 spiro atoms. The quantitative estimate of drug-likeness (QED) is 0.322. The number of nitrogens with one attached hydrogen (secondary N) is 1. The Kier molecular flexibility index (Phi) is 7.34. The van der Waals surface area contributed by atoms with E-state index in [2.05, 4.69) is 5.32 Å². The van der Waals surface area contributed by atoms with Crippen LogP contribution in [0.4, 0.5) is 11.4 Å². The first kappa shape index (κ1) is 19.6. The van der Waals surface area contributed by atoms with Crippen LogP contribution in [0.1, 0.15) is 30.1 Å². The predicted molar refractivity (Wildman–Crippen MR) is 94.3 cm³/mol. The van der Waals surface area contributed by atoms with Gasteiger partial charge in [0.05, 0.1) is 29.4 Å². The topological polar surface area (TPSA) is 111 Å². The highest BCUT2D eigenvalue weighted by Gasteiger charge is 2.23. The van der Waals surface area contributed by atoms with Crippen molar-refractivity contribution in [2.45, 2.75) is 19.8 Å². The summed E-state index contributed by atoms with van der Waals surface area (Å²) >= 11 is 0. The maximum Gasteiger partial charge on any atom is 0.341 e. The molecule has 0 unspecified atom stereocenters. The summed E-state index contributed by atoms with van der Waals surface area (Å²) in [6, 6.07) is 4.06. The molecule has 0 aliphatic carbocycles. The number of carbonyl (C=O) groups is 2. The summed E-state index contributed by atoms with van der Waals surface area (Å²) in [5, 5.41) is 13.7. The zero-order valence-electron chi connectivity index (χ0n) is 14.7. The van der Waals surface area contributed by atoms with Crippen LogP contribution in [0.2, 0.25) is 0 Å². The second kappa shape index (κ2) is 9.71.